The van der Waals surface area contributed by atoms with Crippen LogP contribution >= 0.6 is 18.9 Å². The van der Waals surface area contributed by atoms with Gasteiger partial charge in [-0.1, -0.05) is 0 Å². The molecular weight excluding hydrogens is 419 g/mol. The van der Waals surface area contributed by atoms with Crippen molar-refractivity contribution >= 4 is 35.3 Å². The monoisotopic (exact) mass is 436 g/mol. The van der Waals surface area contributed by atoms with Crippen molar-refractivity contribution in [3.63, 3.8) is 0 Å². The zero-order chi connectivity index (χ0) is 21.0. The number of ether oxygens (including phenoxy) is 2. The molecule has 12 heteroatoms. The van der Waals surface area contributed by atoms with E-state index in [2.05, 4.69) is 20.3 Å². The Bertz CT molecular complexity index is 1040. The molecule has 0 saturated carbocycles. The van der Waals surface area contributed by atoms with Gasteiger partial charge in [0.25, 0.3) is 5.91 Å². The summed E-state index contributed by atoms with van der Waals surface area (Å²) in [4.78, 5) is 42.4. The van der Waals surface area contributed by atoms with Crippen LogP contribution < -0.4 is 20.1 Å². The summed E-state index contributed by atoms with van der Waals surface area (Å²) in [5, 5.41) is 4.53. The second kappa shape index (κ2) is 8.66. The fraction of sp³-hybridized carbons (Fsp3) is 0.176. The van der Waals surface area contributed by atoms with Gasteiger partial charge in [0.2, 0.25) is 0 Å². The third kappa shape index (κ3) is 5.81. The first-order valence-corrected chi connectivity index (χ1v) is 10.8. The molecule has 3 rings (SSSR count). The maximum atomic E-state index is 12.5. The highest BCUT2D eigenvalue weighted by molar-refractivity contribution is 7.60. The summed E-state index contributed by atoms with van der Waals surface area (Å²) in [6.45, 7) is 3.68. The molecule has 0 bridgehead atoms. The van der Waals surface area contributed by atoms with Crippen LogP contribution in [0.15, 0.2) is 42.2 Å². The summed E-state index contributed by atoms with van der Waals surface area (Å²) in [6.07, 6.45) is 3.39. The first-order valence-electron chi connectivity index (χ1n) is 8.29. The Morgan fingerprint density at radius 1 is 1.14 bits per heavy atom. The first kappa shape index (κ1) is 20.9. The fourth-order valence-corrected chi connectivity index (χ4v) is 3.11. The third-order valence-electron chi connectivity index (χ3n) is 3.33. The minimum Gasteiger partial charge on any atom is -0.491 e. The van der Waals surface area contributed by atoms with Crippen LogP contribution in [0.25, 0.3) is 0 Å². The van der Waals surface area contributed by atoms with E-state index in [4.69, 9.17) is 19.3 Å². The van der Waals surface area contributed by atoms with Crippen LogP contribution in [0.2, 0.25) is 0 Å². The van der Waals surface area contributed by atoms with Crippen molar-refractivity contribution in [1.82, 2.24) is 15.0 Å². The zero-order valence-electron chi connectivity index (χ0n) is 15.3. The normalized spacial score (nSPS) is 11.3. The van der Waals surface area contributed by atoms with E-state index in [-0.39, 0.29) is 28.7 Å². The fourth-order valence-electron chi connectivity index (χ4n) is 2.17. The zero-order valence-corrected chi connectivity index (χ0v) is 17.1. The molecule has 0 fully saturated rings. The molecule has 0 aliphatic heterocycles. The molecule has 2 heterocycles. The largest absolute Gasteiger partial charge is 0.491 e. The Balaban J connectivity index is 1.86. The van der Waals surface area contributed by atoms with E-state index in [9.17, 15) is 9.36 Å². The number of nitrogens with zero attached hydrogens (tertiary/aromatic N) is 3. The maximum Gasteiger partial charge on any atom is 0.359 e. The van der Waals surface area contributed by atoms with Crippen molar-refractivity contribution in [3.05, 3.63) is 47.7 Å². The molecule has 1 amide bonds. The molecule has 1 aromatic carbocycles. The number of thiazole rings is 1. The van der Waals surface area contributed by atoms with Crippen LogP contribution in [0.4, 0.5) is 5.13 Å². The summed E-state index contributed by atoms with van der Waals surface area (Å²) in [5.74, 6) is 0.210. The molecule has 0 unspecified atom stereocenters. The van der Waals surface area contributed by atoms with Crippen LogP contribution in [0.3, 0.4) is 0 Å². The van der Waals surface area contributed by atoms with Gasteiger partial charge in [-0.3, -0.25) is 14.7 Å². The number of nitrogens with one attached hydrogen (secondary N) is 1. The molecule has 0 aliphatic carbocycles. The van der Waals surface area contributed by atoms with Crippen molar-refractivity contribution in [2.24, 2.45) is 0 Å². The minimum absolute atomic E-state index is 0.140. The molecule has 3 aromatic rings. The van der Waals surface area contributed by atoms with Gasteiger partial charge in [0.1, 0.15) is 16.8 Å². The summed E-state index contributed by atoms with van der Waals surface area (Å²) >= 11 is 1.28. The number of amides is 1. The molecule has 0 radical (unpaired) electrons. The molecule has 0 atom stereocenters. The van der Waals surface area contributed by atoms with E-state index in [1.165, 1.54) is 17.4 Å². The lowest BCUT2D eigenvalue weighted by molar-refractivity contribution is 0.102. The number of carbonyl (C=O) groups excluding carboxylic acids is 1. The van der Waals surface area contributed by atoms with E-state index in [1.807, 2.05) is 13.8 Å². The number of aromatic nitrogens is 3. The minimum atomic E-state index is -4.45. The Hall–Kier alpha value is -2.85. The van der Waals surface area contributed by atoms with Crippen molar-refractivity contribution in [1.29, 1.82) is 0 Å². The molecule has 10 nitrogen and oxygen atoms in total. The summed E-state index contributed by atoms with van der Waals surface area (Å²) in [7, 11) is -4.45. The number of anilines is 1. The number of hydrogen-bond donors (Lipinski definition) is 3. The standard InChI is InChI=1S/C17H17N4O6PS/c1-10(2)26-12-5-11(15(22)21-17-18-3-4-29-17)6-13(7-12)27-16-19-8-14(9-20-16)28(23,24)25/h3-10H,1-2H3,(H,18,21,22)(H2,23,24,25). The van der Waals surface area contributed by atoms with E-state index >= 15 is 0 Å². The van der Waals surface area contributed by atoms with Crippen LogP contribution in [-0.2, 0) is 4.57 Å². The van der Waals surface area contributed by atoms with E-state index in [0.717, 1.165) is 12.4 Å². The van der Waals surface area contributed by atoms with Crippen molar-refractivity contribution in [3.8, 4) is 17.5 Å². The van der Waals surface area contributed by atoms with Gasteiger partial charge in [0.05, 0.1) is 6.10 Å². The highest BCUT2D eigenvalue weighted by Crippen LogP contribution is 2.33. The van der Waals surface area contributed by atoms with Crippen molar-refractivity contribution in [2.75, 3.05) is 5.32 Å². The molecule has 0 aliphatic rings. The molecule has 2 aromatic heterocycles. The Morgan fingerprint density at radius 3 is 2.41 bits per heavy atom. The van der Waals surface area contributed by atoms with Gasteiger partial charge in [-0.25, -0.2) is 15.0 Å². The predicted octanol–water partition coefficient (Wildman–Crippen LogP) is 2.57. The average molecular weight is 436 g/mol. The third-order valence-corrected chi connectivity index (χ3v) is 4.92. The topological polar surface area (TPSA) is 144 Å². The van der Waals surface area contributed by atoms with E-state index in [0.29, 0.717) is 10.9 Å². The Labute approximate surface area is 169 Å². The van der Waals surface area contributed by atoms with Crippen molar-refractivity contribution < 1.29 is 28.6 Å². The maximum absolute atomic E-state index is 12.5. The molecule has 3 N–H and O–H groups in total. The smallest absolute Gasteiger partial charge is 0.359 e. The number of rotatable bonds is 7. The highest BCUT2D eigenvalue weighted by atomic mass is 32.1. The SMILES string of the molecule is CC(C)Oc1cc(Oc2ncc(P(=O)(O)O)cn2)cc(C(=O)Nc2nccs2)c1. The second-order valence-corrected chi connectivity index (χ2v) is 8.52. The predicted molar refractivity (Wildman–Crippen MR) is 106 cm³/mol. The van der Waals surface area contributed by atoms with Gasteiger partial charge in [-0.15, -0.1) is 11.3 Å². The lowest BCUT2D eigenvalue weighted by Gasteiger charge is -2.13. The van der Waals surface area contributed by atoms with Crippen LogP contribution in [0.1, 0.15) is 24.2 Å². The van der Waals surface area contributed by atoms with Gasteiger partial charge in [-0.2, -0.15) is 0 Å². The molecule has 29 heavy (non-hydrogen) atoms. The number of benzene rings is 1. The van der Waals surface area contributed by atoms with E-state index in [1.54, 1.807) is 23.7 Å². The Kier molecular flexibility index (Phi) is 6.23. The molecule has 0 saturated heterocycles. The van der Waals surface area contributed by atoms with Gasteiger partial charge in [-0.05, 0) is 26.0 Å². The Morgan fingerprint density at radius 2 is 1.83 bits per heavy atom. The molecular formula is C17H17N4O6PS. The van der Waals surface area contributed by atoms with Gasteiger partial charge < -0.3 is 19.3 Å². The van der Waals surface area contributed by atoms with E-state index < -0.39 is 13.5 Å². The number of hydrogen-bond acceptors (Lipinski definition) is 8. The summed E-state index contributed by atoms with van der Waals surface area (Å²) in [5.41, 5.74) is 0.264. The second-order valence-electron chi connectivity index (χ2n) is 6.02. The van der Waals surface area contributed by atoms with Crippen molar-refractivity contribution in [2.45, 2.75) is 20.0 Å². The molecule has 0 spiro atoms. The lowest BCUT2D eigenvalue weighted by Crippen LogP contribution is -2.13. The highest BCUT2D eigenvalue weighted by Gasteiger charge is 2.19. The van der Waals surface area contributed by atoms with Crippen LogP contribution in [-0.4, -0.2) is 36.7 Å². The number of carbonyl (C=O) groups is 1. The van der Waals surface area contributed by atoms with Gasteiger partial charge in [0, 0.05) is 35.6 Å². The van der Waals surface area contributed by atoms with Crippen LogP contribution in [0.5, 0.6) is 17.5 Å². The van der Waals surface area contributed by atoms with Gasteiger partial charge >= 0.3 is 13.6 Å². The quantitative estimate of drug-likeness (QED) is 0.476. The van der Waals surface area contributed by atoms with Crippen LogP contribution in [0, 0.1) is 0 Å². The lowest BCUT2D eigenvalue weighted by atomic mass is 10.2. The van der Waals surface area contributed by atoms with Gasteiger partial charge in [0.15, 0.2) is 5.13 Å². The first-order chi connectivity index (χ1) is 13.7. The molecule has 152 valence electrons. The average Bonchev–Trinajstić information content (AvgIpc) is 3.13. The summed E-state index contributed by atoms with van der Waals surface area (Å²) < 4.78 is 22.4. The summed E-state index contributed by atoms with van der Waals surface area (Å²) in [6, 6.07) is 4.44.